The average molecular weight is 514 g/mol. The smallest absolute Gasteiger partial charge is 0.315 e. The third-order valence-electron chi connectivity index (χ3n) is 4.25. The maximum absolute atomic E-state index is 11.7. The molecule has 0 spiro atoms. The van der Waals surface area contributed by atoms with Crippen molar-refractivity contribution in [3.8, 4) is 0 Å². The summed E-state index contributed by atoms with van der Waals surface area (Å²) >= 11 is 1.95. The lowest BCUT2D eigenvalue weighted by Gasteiger charge is -2.16. The highest BCUT2D eigenvalue weighted by Gasteiger charge is 2.42. The summed E-state index contributed by atoms with van der Waals surface area (Å²) in [6.45, 7) is 2.67. The van der Waals surface area contributed by atoms with Crippen LogP contribution in [-0.2, 0) is 9.53 Å². The summed E-state index contributed by atoms with van der Waals surface area (Å²) in [7, 11) is 0. The van der Waals surface area contributed by atoms with Crippen LogP contribution in [0.2, 0.25) is 0 Å². The number of urea groups is 1. The molecule has 2 aliphatic rings. The van der Waals surface area contributed by atoms with Gasteiger partial charge in [0, 0.05) is 54.2 Å². The molecule has 0 radical (unpaired) electrons. The van der Waals surface area contributed by atoms with Gasteiger partial charge in [0.15, 0.2) is 0 Å². The maximum Gasteiger partial charge on any atom is 0.315 e. The molecule has 2 rings (SSSR count). The molecule has 32 heavy (non-hydrogen) atoms. The lowest BCUT2D eigenvalue weighted by Crippen LogP contribution is -2.36. The minimum absolute atomic E-state index is 0.0236. The molecular formula is C15H27F9N4O3S. The lowest BCUT2D eigenvalue weighted by atomic mass is 10.0. The summed E-state index contributed by atoms with van der Waals surface area (Å²) in [5.41, 5.74) is 1.07. The number of rotatable bonds is 12. The highest BCUT2D eigenvalue weighted by atomic mass is 32.2. The molecule has 2 heterocycles. The molecule has 0 aromatic rings. The molecule has 3 amide bonds. The average Bonchev–Trinajstić information content (AvgIpc) is 3.41. The van der Waals surface area contributed by atoms with Crippen molar-refractivity contribution in [2.45, 2.75) is 49.4 Å². The van der Waals surface area contributed by atoms with E-state index in [1.165, 1.54) is 0 Å². The van der Waals surface area contributed by atoms with E-state index < -0.39 is 5.91 Å². The fraction of sp³-hybridized carbons (Fsp3) is 0.867. The van der Waals surface area contributed by atoms with Crippen LogP contribution in [0.25, 0.3) is 0 Å². The minimum Gasteiger partial charge on any atom is -0.381 e. The standard InChI is InChI=1S/C15H27FN4O3S.4F2/c16-20-13(21)5-9-23-8-3-7-17-6-2-1-4-12-14-11(10-24-12)18-15(22)19-14;4*1-2/h11-12,14,17H,1-10H2,(H,20,21)(H2,18,19,22);;;;. The molecule has 2 aliphatic heterocycles. The molecule has 17 heteroatoms. The van der Waals surface area contributed by atoms with Gasteiger partial charge in [-0.05, 0) is 32.4 Å². The van der Waals surface area contributed by atoms with Gasteiger partial charge in [-0.3, -0.25) is 4.79 Å². The zero-order valence-corrected chi connectivity index (χ0v) is 17.7. The zero-order chi connectivity index (χ0) is 25.2. The minimum atomic E-state index is -0.646. The molecule has 0 bridgehead atoms. The van der Waals surface area contributed by atoms with E-state index in [9.17, 15) is 14.1 Å². The second-order valence-corrected chi connectivity index (χ2v) is 7.37. The van der Waals surface area contributed by atoms with Gasteiger partial charge in [-0.1, -0.05) is 6.42 Å². The fourth-order valence-electron chi connectivity index (χ4n) is 2.98. The maximum atomic E-state index is 11.7. The second kappa shape index (κ2) is 27.4. The van der Waals surface area contributed by atoms with Gasteiger partial charge in [0.25, 0.3) is 0 Å². The number of unbranched alkanes of at least 4 members (excludes halogenated alkanes) is 1. The van der Waals surface area contributed by atoms with Crippen molar-refractivity contribution in [2.24, 2.45) is 0 Å². The Morgan fingerprint density at radius 1 is 0.969 bits per heavy atom. The first kappa shape index (κ1) is 35.0. The second-order valence-electron chi connectivity index (χ2n) is 6.10. The summed E-state index contributed by atoms with van der Waals surface area (Å²) in [6.07, 6.45) is 4.33. The Morgan fingerprint density at radius 3 is 2.22 bits per heavy atom. The number of thioether (sulfide) groups is 1. The van der Waals surface area contributed by atoms with Crippen LogP contribution >= 0.6 is 11.8 Å². The normalized spacial score (nSPS) is 19.7. The first-order valence-electron chi connectivity index (χ1n) is 9.14. The molecule has 0 aliphatic carbocycles. The molecular weight excluding hydrogens is 487 g/mol. The number of nitrogens with one attached hydrogen (secondary N) is 4. The van der Waals surface area contributed by atoms with E-state index in [0.29, 0.717) is 23.9 Å². The van der Waals surface area contributed by atoms with Gasteiger partial charge < -0.3 is 20.7 Å². The zero-order valence-electron chi connectivity index (χ0n) is 16.8. The van der Waals surface area contributed by atoms with E-state index in [0.717, 1.165) is 50.1 Å². The van der Waals surface area contributed by atoms with Crippen LogP contribution in [0, 0.1) is 0 Å². The number of ether oxygens (including phenoxy) is 1. The van der Waals surface area contributed by atoms with Crippen LogP contribution in [0.4, 0.5) is 45.9 Å². The van der Waals surface area contributed by atoms with Gasteiger partial charge >= 0.3 is 6.03 Å². The number of carbonyl (C=O) groups is 2. The van der Waals surface area contributed by atoms with E-state index in [2.05, 4.69) is 16.0 Å². The molecule has 3 unspecified atom stereocenters. The van der Waals surface area contributed by atoms with Gasteiger partial charge in [-0.15, -0.1) is 4.48 Å². The molecule has 7 nitrogen and oxygen atoms in total. The SMILES string of the molecule is FF.FF.FF.FF.O=C(CCOCCCNCCCCC1SCC2NC(=O)NC21)NF. The number of hydrogen-bond acceptors (Lipinski definition) is 5. The Kier molecular flexibility index (Phi) is 30.0. The van der Waals surface area contributed by atoms with Gasteiger partial charge in [-0.2, -0.15) is 17.3 Å². The quantitative estimate of drug-likeness (QED) is 0.136. The Hall–Kier alpha value is -1.62. The molecule has 0 aromatic carbocycles. The van der Waals surface area contributed by atoms with Crippen molar-refractivity contribution in [3.05, 3.63) is 0 Å². The van der Waals surface area contributed by atoms with Crippen LogP contribution in [-0.4, -0.2) is 61.3 Å². The first-order valence-corrected chi connectivity index (χ1v) is 10.2. The summed E-state index contributed by atoms with van der Waals surface area (Å²) in [5.74, 6) is 0.368. The van der Waals surface area contributed by atoms with Gasteiger partial charge in [0.1, 0.15) is 0 Å². The van der Waals surface area contributed by atoms with Gasteiger partial charge in [-0.25, -0.2) is 4.79 Å². The topological polar surface area (TPSA) is 91.5 Å². The molecule has 3 atom stereocenters. The fourth-order valence-corrected chi connectivity index (χ4v) is 4.52. The van der Waals surface area contributed by atoms with Crippen LogP contribution in [0.3, 0.4) is 0 Å². The highest BCUT2D eigenvalue weighted by Crippen LogP contribution is 2.32. The highest BCUT2D eigenvalue weighted by molar-refractivity contribution is 8.00. The number of carbonyl (C=O) groups excluding carboxylic acids is 2. The summed E-state index contributed by atoms with van der Waals surface area (Å²) < 4.78 is 80.9. The molecule has 4 N–H and O–H groups in total. The summed E-state index contributed by atoms with van der Waals surface area (Å²) in [4.78, 5) is 21.9. The van der Waals surface area contributed by atoms with Crippen molar-refractivity contribution in [1.82, 2.24) is 21.5 Å². The first-order chi connectivity index (χ1) is 15.7. The van der Waals surface area contributed by atoms with E-state index in [1.54, 1.807) is 0 Å². The Labute approximate surface area is 182 Å². The van der Waals surface area contributed by atoms with Crippen molar-refractivity contribution in [2.75, 3.05) is 32.1 Å². The molecule has 2 saturated heterocycles. The van der Waals surface area contributed by atoms with Crippen molar-refractivity contribution < 1.29 is 55.4 Å². The largest absolute Gasteiger partial charge is 0.381 e. The Morgan fingerprint density at radius 2 is 1.59 bits per heavy atom. The van der Waals surface area contributed by atoms with Crippen LogP contribution in [0.15, 0.2) is 0 Å². The van der Waals surface area contributed by atoms with E-state index in [1.807, 2.05) is 11.8 Å². The van der Waals surface area contributed by atoms with Crippen molar-refractivity contribution in [3.63, 3.8) is 0 Å². The Balaban J connectivity index is -0.000000945. The Bertz CT molecular complexity index is 438. The monoisotopic (exact) mass is 514 g/mol. The van der Waals surface area contributed by atoms with E-state index in [4.69, 9.17) is 41.3 Å². The number of halogens is 9. The van der Waals surface area contributed by atoms with Crippen LogP contribution in [0.1, 0.15) is 32.1 Å². The molecule has 0 aromatic heterocycles. The van der Waals surface area contributed by atoms with E-state index in [-0.39, 0.29) is 19.1 Å². The van der Waals surface area contributed by atoms with Gasteiger partial charge in [0.2, 0.25) is 5.91 Å². The number of hydrogen-bond donors (Lipinski definition) is 4. The van der Waals surface area contributed by atoms with Crippen LogP contribution < -0.4 is 21.5 Å². The molecule has 0 saturated carbocycles. The van der Waals surface area contributed by atoms with Crippen LogP contribution in [0.5, 0.6) is 0 Å². The van der Waals surface area contributed by atoms with Gasteiger partial charge in [0.05, 0.1) is 25.1 Å². The molecule has 2 fully saturated rings. The summed E-state index contributed by atoms with van der Waals surface area (Å²) in [5, 5.41) is 9.87. The lowest BCUT2D eigenvalue weighted by molar-refractivity contribution is -0.126. The number of fused-ring (bicyclic) bond motifs is 1. The van der Waals surface area contributed by atoms with Crippen molar-refractivity contribution >= 4 is 23.7 Å². The predicted molar refractivity (Wildman–Crippen MR) is 100 cm³/mol. The molecule has 194 valence electrons. The van der Waals surface area contributed by atoms with E-state index >= 15 is 0 Å². The van der Waals surface area contributed by atoms with Crippen molar-refractivity contribution in [1.29, 1.82) is 0 Å². The predicted octanol–water partition coefficient (Wildman–Crippen LogP) is 4.07. The third-order valence-corrected chi connectivity index (χ3v) is 5.76. The summed E-state index contributed by atoms with van der Waals surface area (Å²) in [6, 6.07) is 0.582. The third kappa shape index (κ3) is 17.0. The number of amides is 3.